The van der Waals surface area contributed by atoms with E-state index >= 15 is 0 Å². The van der Waals surface area contributed by atoms with E-state index in [9.17, 15) is 19.2 Å². The number of carbonyl (C=O) groups excluding carboxylic acids is 3. The normalized spacial score (nSPS) is 13.5. The fourth-order valence-corrected chi connectivity index (χ4v) is 5.13. The maximum atomic E-state index is 13.1. The van der Waals surface area contributed by atoms with Crippen molar-refractivity contribution in [2.75, 3.05) is 26.2 Å². The Morgan fingerprint density at radius 2 is 1.68 bits per heavy atom. The molecular weight excluding hydrogens is 564 g/mol. The molecule has 2 aromatic rings. The van der Waals surface area contributed by atoms with Crippen LogP contribution in [0, 0.1) is 0 Å². The molecule has 11 heteroatoms. The molecule has 240 valence electrons. The Balaban J connectivity index is 1.66. The summed E-state index contributed by atoms with van der Waals surface area (Å²) in [5.74, 6) is -1.68. The van der Waals surface area contributed by atoms with Gasteiger partial charge < -0.3 is 35.0 Å². The summed E-state index contributed by atoms with van der Waals surface area (Å²) in [6.07, 6.45) is 0.161. The molecule has 0 saturated heterocycles. The number of primary amides is 1. The van der Waals surface area contributed by atoms with Crippen LogP contribution in [0.5, 0.6) is 5.75 Å². The second-order valence-corrected chi connectivity index (χ2v) is 12.0. The number of hydrogen-bond donors (Lipinski definition) is 2. The Morgan fingerprint density at radius 1 is 1.02 bits per heavy atom. The monoisotopic (exact) mass is 610 g/mol. The van der Waals surface area contributed by atoms with Crippen molar-refractivity contribution in [1.29, 1.82) is 0 Å². The van der Waals surface area contributed by atoms with Gasteiger partial charge in [0.2, 0.25) is 5.91 Å². The van der Waals surface area contributed by atoms with Crippen molar-refractivity contribution in [3.05, 3.63) is 64.7 Å². The average Bonchev–Trinajstić information content (AvgIpc) is 3.29. The zero-order chi connectivity index (χ0) is 32.4. The lowest BCUT2D eigenvalue weighted by Crippen LogP contribution is -2.45. The minimum Gasteiger partial charge on any atom is -0.489 e. The summed E-state index contributed by atoms with van der Waals surface area (Å²) in [5, 5.41) is 9.04. The predicted octanol–water partition coefficient (Wildman–Crippen LogP) is 4.41. The zero-order valence-electron chi connectivity index (χ0n) is 26.5. The van der Waals surface area contributed by atoms with E-state index in [4.69, 9.17) is 20.3 Å². The van der Waals surface area contributed by atoms with Crippen molar-refractivity contribution in [3.63, 3.8) is 0 Å². The maximum absolute atomic E-state index is 13.1. The number of amides is 3. The number of ether oxygens (including phenoxy) is 2. The van der Waals surface area contributed by atoms with Gasteiger partial charge >= 0.3 is 12.1 Å². The number of fused-ring (bicyclic) bond motifs is 1. The Morgan fingerprint density at radius 3 is 2.27 bits per heavy atom. The number of carboxylic acid groups (broad SMARTS) is 1. The summed E-state index contributed by atoms with van der Waals surface area (Å²) < 4.78 is 11.8. The van der Waals surface area contributed by atoms with Gasteiger partial charge in [-0.25, -0.2) is 4.79 Å². The van der Waals surface area contributed by atoms with Crippen LogP contribution >= 0.6 is 0 Å². The summed E-state index contributed by atoms with van der Waals surface area (Å²) in [5.41, 5.74) is 7.83. The molecule has 0 spiro atoms. The van der Waals surface area contributed by atoms with E-state index in [0.29, 0.717) is 30.0 Å². The van der Waals surface area contributed by atoms with Crippen molar-refractivity contribution in [2.45, 2.75) is 85.2 Å². The molecule has 1 unspecified atom stereocenters. The number of carbonyl (C=O) groups is 4. The molecule has 0 bridgehead atoms. The largest absolute Gasteiger partial charge is 0.489 e. The van der Waals surface area contributed by atoms with Gasteiger partial charge in [0.1, 0.15) is 24.0 Å². The summed E-state index contributed by atoms with van der Waals surface area (Å²) in [6.45, 7) is 14.0. The SMILES string of the molecule is CCN(CC)CCCN(Cc1ccc(COc2cccc3c2CN(C(CCC(=O)O)C(N)=O)C3=O)cc1)C(=O)OC(C)(C)C. The number of rotatable bonds is 16. The van der Waals surface area contributed by atoms with Gasteiger partial charge in [-0.1, -0.05) is 44.2 Å². The van der Waals surface area contributed by atoms with Gasteiger partial charge in [0.05, 0.1) is 6.54 Å². The number of hydrogen-bond acceptors (Lipinski definition) is 7. The fourth-order valence-electron chi connectivity index (χ4n) is 5.13. The van der Waals surface area contributed by atoms with Gasteiger partial charge in [0, 0.05) is 30.6 Å². The van der Waals surface area contributed by atoms with Crippen LogP contribution < -0.4 is 10.5 Å². The van der Waals surface area contributed by atoms with E-state index in [2.05, 4.69) is 18.7 Å². The van der Waals surface area contributed by atoms with E-state index in [-0.39, 0.29) is 38.0 Å². The molecule has 2 aromatic carbocycles. The van der Waals surface area contributed by atoms with Crippen LogP contribution in [0.25, 0.3) is 0 Å². The maximum Gasteiger partial charge on any atom is 0.410 e. The number of benzene rings is 2. The quantitative estimate of drug-likeness (QED) is 0.285. The van der Waals surface area contributed by atoms with Gasteiger partial charge in [-0.05, 0) is 76.5 Å². The van der Waals surface area contributed by atoms with E-state index in [1.54, 1.807) is 23.1 Å². The van der Waals surface area contributed by atoms with Gasteiger partial charge in [-0.3, -0.25) is 14.4 Å². The van der Waals surface area contributed by atoms with Gasteiger partial charge in [0.25, 0.3) is 5.91 Å². The third-order valence-electron chi connectivity index (χ3n) is 7.53. The molecule has 1 aliphatic rings. The molecule has 0 saturated carbocycles. The first-order valence-corrected chi connectivity index (χ1v) is 15.2. The highest BCUT2D eigenvalue weighted by Gasteiger charge is 2.37. The average molecular weight is 611 g/mol. The molecule has 3 rings (SSSR count). The van der Waals surface area contributed by atoms with Crippen molar-refractivity contribution < 1.29 is 33.8 Å². The molecule has 0 aliphatic carbocycles. The molecule has 1 atom stereocenters. The Hall–Kier alpha value is -4.12. The van der Waals surface area contributed by atoms with Gasteiger partial charge in [0.15, 0.2) is 0 Å². The molecule has 3 amide bonds. The molecule has 1 aliphatic heterocycles. The van der Waals surface area contributed by atoms with Gasteiger partial charge in [-0.15, -0.1) is 0 Å². The number of aliphatic carboxylic acids is 1. The van der Waals surface area contributed by atoms with Crippen LogP contribution in [0.3, 0.4) is 0 Å². The molecule has 0 radical (unpaired) electrons. The summed E-state index contributed by atoms with van der Waals surface area (Å²) in [7, 11) is 0. The molecule has 1 heterocycles. The highest BCUT2D eigenvalue weighted by atomic mass is 16.6. The number of nitrogens with two attached hydrogens (primary N) is 1. The van der Waals surface area contributed by atoms with Crippen LogP contribution in [0.1, 0.15) is 80.9 Å². The van der Waals surface area contributed by atoms with Crippen LogP contribution in [0.15, 0.2) is 42.5 Å². The number of carboxylic acids is 1. The Labute approximate surface area is 259 Å². The number of nitrogens with zero attached hydrogens (tertiary/aromatic N) is 3. The smallest absolute Gasteiger partial charge is 0.410 e. The van der Waals surface area contributed by atoms with Crippen LogP contribution in [0.4, 0.5) is 4.79 Å². The highest BCUT2D eigenvalue weighted by Crippen LogP contribution is 2.33. The van der Waals surface area contributed by atoms with E-state index in [0.717, 1.165) is 37.2 Å². The molecular formula is C33H46N4O7. The van der Waals surface area contributed by atoms with Crippen molar-refractivity contribution in [3.8, 4) is 5.75 Å². The molecule has 0 fully saturated rings. The zero-order valence-corrected chi connectivity index (χ0v) is 26.5. The van der Waals surface area contributed by atoms with Crippen molar-refractivity contribution in [1.82, 2.24) is 14.7 Å². The van der Waals surface area contributed by atoms with Crippen LogP contribution in [-0.4, -0.2) is 81.5 Å². The lowest BCUT2D eigenvalue weighted by molar-refractivity contribution is -0.137. The van der Waals surface area contributed by atoms with E-state index < -0.39 is 23.5 Å². The minimum absolute atomic E-state index is 0.0613. The summed E-state index contributed by atoms with van der Waals surface area (Å²) >= 11 is 0. The van der Waals surface area contributed by atoms with Gasteiger partial charge in [-0.2, -0.15) is 0 Å². The van der Waals surface area contributed by atoms with Crippen LogP contribution in [0.2, 0.25) is 0 Å². The fraction of sp³-hybridized carbons (Fsp3) is 0.515. The Kier molecular flexibility index (Phi) is 12.2. The standard InChI is InChI=1S/C33H46N4O7/c1-6-35(7-2)18-9-19-36(32(42)44-33(3,4)5)20-23-12-14-24(15-13-23)22-43-28-11-8-10-25-26(28)21-37(31(25)41)27(30(34)40)16-17-29(38)39/h8,10-15,27H,6-7,9,16-22H2,1-5H3,(H2,34,40)(H,38,39). The highest BCUT2D eigenvalue weighted by molar-refractivity contribution is 6.01. The lowest BCUT2D eigenvalue weighted by Gasteiger charge is -2.28. The first-order valence-electron chi connectivity index (χ1n) is 15.2. The van der Waals surface area contributed by atoms with E-state index in [1.165, 1.54) is 4.90 Å². The minimum atomic E-state index is -1.07. The van der Waals surface area contributed by atoms with E-state index in [1.807, 2.05) is 45.0 Å². The summed E-state index contributed by atoms with van der Waals surface area (Å²) in [6, 6.07) is 11.9. The van der Waals surface area contributed by atoms with Crippen molar-refractivity contribution in [2.24, 2.45) is 5.73 Å². The molecule has 44 heavy (non-hydrogen) atoms. The van der Waals surface area contributed by atoms with Crippen LogP contribution in [-0.2, 0) is 34.0 Å². The third-order valence-corrected chi connectivity index (χ3v) is 7.53. The molecule has 3 N–H and O–H groups in total. The first kappa shape index (κ1) is 34.4. The second-order valence-electron chi connectivity index (χ2n) is 12.0. The first-order chi connectivity index (χ1) is 20.8. The lowest BCUT2D eigenvalue weighted by atomic mass is 10.1. The molecule has 11 nitrogen and oxygen atoms in total. The Bertz CT molecular complexity index is 1300. The molecule has 0 aromatic heterocycles. The summed E-state index contributed by atoms with van der Waals surface area (Å²) in [4.78, 5) is 54.5. The topological polar surface area (TPSA) is 143 Å². The van der Waals surface area contributed by atoms with Crippen molar-refractivity contribution >= 4 is 23.9 Å². The second kappa shape index (κ2) is 15.6. The third kappa shape index (κ3) is 9.70. The predicted molar refractivity (Wildman–Crippen MR) is 166 cm³/mol.